The zero-order valence-corrected chi connectivity index (χ0v) is 15.9. The van der Waals surface area contributed by atoms with Gasteiger partial charge in [-0.25, -0.2) is 4.79 Å². The van der Waals surface area contributed by atoms with E-state index in [-0.39, 0.29) is 17.7 Å². The Kier molecular flexibility index (Phi) is 6.89. The van der Waals surface area contributed by atoms with Crippen LogP contribution in [0.15, 0.2) is 24.3 Å². The first-order chi connectivity index (χ1) is 12.2. The lowest BCUT2D eigenvalue weighted by Gasteiger charge is -2.27. The largest absolute Gasteiger partial charge is 0.508 e. The van der Waals surface area contributed by atoms with Crippen LogP contribution in [0.2, 0.25) is 0 Å². The lowest BCUT2D eigenvalue weighted by atomic mass is 9.95. The number of carbonyl (C=O) groups is 2. The van der Waals surface area contributed by atoms with Gasteiger partial charge < -0.3 is 20.5 Å². The van der Waals surface area contributed by atoms with Gasteiger partial charge >= 0.3 is 6.09 Å². The number of amides is 2. The van der Waals surface area contributed by atoms with E-state index in [1.165, 1.54) is 6.42 Å². The van der Waals surface area contributed by atoms with Gasteiger partial charge in [0.05, 0.1) is 0 Å². The maximum Gasteiger partial charge on any atom is 0.408 e. The van der Waals surface area contributed by atoms with Crippen molar-refractivity contribution >= 4 is 12.0 Å². The van der Waals surface area contributed by atoms with Crippen LogP contribution in [0.5, 0.6) is 5.75 Å². The number of hydrogen-bond donors (Lipinski definition) is 3. The van der Waals surface area contributed by atoms with Crippen molar-refractivity contribution in [2.24, 2.45) is 0 Å². The highest BCUT2D eigenvalue weighted by molar-refractivity contribution is 5.86. The Balaban J connectivity index is 2.04. The first kappa shape index (κ1) is 20.1. The van der Waals surface area contributed by atoms with Crippen molar-refractivity contribution in [1.82, 2.24) is 10.6 Å². The Morgan fingerprint density at radius 1 is 1.15 bits per heavy atom. The smallest absolute Gasteiger partial charge is 0.408 e. The van der Waals surface area contributed by atoms with Gasteiger partial charge in [-0.3, -0.25) is 4.79 Å². The summed E-state index contributed by atoms with van der Waals surface area (Å²) in [5.41, 5.74) is 0.218. The Morgan fingerprint density at radius 2 is 1.77 bits per heavy atom. The molecule has 6 heteroatoms. The Labute approximate surface area is 155 Å². The molecule has 1 aliphatic rings. The van der Waals surface area contributed by atoms with Gasteiger partial charge in [0.15, 0.2) is 0 Å². The Bertz CT molecular complexity index is 601. The molecule has 3 N–H and O–H groups in total. The van der Waals surface area contributed by atoms with Gasteiger partial charge in [-0.05, 0) is 51.3 Å². The molecule has 1 saturated carbocycles. The number of hydrogen-bond acceptors (Lipinski definition) is 4. The third kappa shape index (κ3) is 6.94. The van der Waals surface area contributed by atoms with Crippen LogP contribution >= 0.6 is 0 Å². The van der Waals surface area contributed by atoms with Crippen molar-refractivity contribution in [3.63, 3.8) is 0 Å². The Hall–Kier alpha value is -2.24. The molecular formula is C20H30N2O4. The molecule has 144 valence electrons. The van der Waals surface area contributed by atoms with Gasteiger partial charge in [0, 0.05) is 12.5 Å². The third-order valence-electron chi connectivity index (χ3n) is 4.34. The molecule has 1 fully saturated rings. The molecule has 0 saturated heterocycles. The van der Waals surface area contributed by atoms with E-state index in [0.29, 0.717) is 6.42 Å². The standard InChI is InChI=1S/C20H30N2O4/c1-20(2,3)26-19(25)22-17(13-14-9-11-16(23)12-10-14)18(24)21-15-7-5-4-6-8-15/h9-12,15,17,23H,4-8,13H2,1-3H3,(H,21,24)(H,22,25)/t17-/m0/s1. The maximum atomic E-state index is 12.8. The summed E-state index contributed by atoms with van der Waals surface area (Å²) >= 11 is 0. The fourth-order valence-corrected chi connectivity index (χ4v) is 3.08. The third-order valence-corrected chi connectivity index (χ3v) is 4.34. The summed E-state index contributed by atoms with van der Waals surface area (Å²) in [6.45, 7) is 5.34. The highest BCUT2D eigenvalue weighted by atomic mass is 16.6. The summed E-state index contributed by atoms with van der Waals surface area (Å²) < 4.78 is 5.30. The molecule has 1 aliphatic carbocycles. The van der Waals surface area contributed by atoms with Crippen molar-refractivity contribution in [3.8, 4) is 5.75 Å². The molecular weight excluding hydrogens is 332 g/mol. The molecule has 0 heterocycles. The van der Waals surface area contributed by atoms with Crippen molar-refractivity contribution in [3.05, 3.63) is 29.8 Å². The van der Waals surface area contributed by atoms with E-state index in [1.54, 1.807) is 45.0 Å². The zero-order valence-electron chi connectivity index (χ0n) is 15.9. The van der Waals surface area contributed by atoms with Crippen LogP contribution in [0.4, 0.5) is 4.79 Å². The van der Waals surface area contributed by atoms with Crippen LogP contribution in [0.3, 0.4) is 0 Å². The molecule has 1 aromatic carbocycles. The van der Waals surface area contributed by atoms with Crippen LogP contribution in [0.25, 0.3) is 0 Å². The quantitative estimate of drug-likeness (QED) is 0.750. The van der Waals surface area contributed by atoms with Crippen LogP contribution < -0.4 is 10.6 Å². The molecule has 0 aliphatic heterocycles. The number of phenolic OH excluding ortho intramolecular Hbond substituents is 1. The average molecular weight is 362 g/mol. The van der Waals surface area contributed by atoms with E-state index in [0.717, 1.165) is 31.2 Å². The summed E-state index contributed by atoms with van der Waals surface area (Å²) in [5, 5.41) is 15.2. The van der Waals surface area contributed by atoms with Gasteiger partial charge in [0.1, 0.15) is 17.4 Å². The van der Waals surface area contributed by atoms with E-state index in [9.17, 15) is 14.7 Å². The first-order valence-corrected chi connectivity index (χ1v) is 9.31. The van der Waals surface area contributed by atoms with E-state index in [4.69, 9.17) is 4.74 Å². The maximum absolute atomic E-state index is 12.8. The average Bonchev–Trinajstić information content (AvgIpc) is 2.55. The second kappa shape index (κ2) is 8.92. The molecule has 2 rings (SSSR count). The normalized spacial score (nSPS) is 16.6. The molecule has 0 aromatic heterocycles. The van der Waals surface area contributed by atoms with Gasteiger partial charge in [-0.15, -0.1) is 0 Å². The van der Waals surface area contributed by atoms with Crippen LogP contribution in [-0.2, 0) is 16.0 Å². The molecule has 2 amide bonds. The minimum atomic E-state index is -0.726. The number of ether oxygens (including phenoxy) is 1. The zero-order chi connectivity index (χ0) is 19.2. The van der Waals surface area contributed by atoms with Crippen molar-refractivity contribution < 1.29 is 19.4 Å². The minimum absolute atomic E-state index is 0.164. The fraction of sp³-hybridized carbons (Fsp3) is 0.600. The van der Waals surface area contributed by atoms with Crippen molar-refractivity contribution in [2.45, 2.75) is 77.0 Å². The predicted molar refractivity (Wildman–Crippen MR) is 100.0 cm³/mol. The number of carbonyl (C=O) groups excluding carboxylic acids is 2. The molecule has 26 heavy (non-hydrogen) atoms. The number of alkyl carbamates (subject to hydrolysis) is 1. The fourth-order valence-electron chi connectivity index (χ4n) is 3.08. The lowest BCUT2D eigenvalue weighted by molar-refractivity contribution is -0.124. The van der Waals surface area contributed by atoms with Gasteiger partial charge in [-0.2, -0.15) is 0 Å². The van der Waals surface area contributed by atoms with Crippen LogP contribution in [0.1, 0.15) is 58.4 Å². The Morgan fingerprint density at radius 3 is 2.35 bits per heavy atom. The molecule has 1 atom stereocenters. The van der Waals surface area contributed by atoms with E-state index < -0.39 is 17.7 Å². The summed E-state index contributed by atoms with van der Waals surface area (Å²) in [7, 11) is 0. The van der Waals surface area contributed by atoms with E-state index in [2.05, 4.69) is 10.6 Å². The number of rotatable bonds is 5. The number of aromatic hydroxyl groups is 1. The topological polar surface area (TPSA) is 87.7 Å². The van der Waals surface area contributed by atoms with Gasteiger partial charge in [0.2, 0.25) is 5.91 Å². The minimum Gasteiger partial charge on any atom is -0.508 e. The monoisotopic (exact) mass is 362 g/mol. The SMILES string of the molecule is CC(C)(C)OC(=O)N[C@@H](Cc1ccc(O)cc1)C(=O)NC1CCCCC1. The molecule has 0 radical (unpaired) electrons. The molecule has 0 unspecified atom stereocenters. The van der Waals surface area contributed by atoms with Gasteiger partial charge in [-0.1, -0.05) is 31.4 Å². The first-order valence-electron chi connectivity index (χ1n) is 9.31. The summed E-state index contributed by atoms with van der Waals surface area (Å²) in [5.74, 6) is -0.0344. The number of phenols is 1. The number of benzene rings is 1. The van der Waals surface area contributed by atoms with Crippen molar-refractivity contribution in [1.29, 1.82) is 0 Å². The summed E-state index contributed by atoms with van der Waals surface area (Å²) in [4.78, 5) is 24.9. The van der Waals surface area contributed by atoms with Crippen molar-refractivity contribution in [2.75, 3.05) is 0 Å². The highest BCUT2D eigenvalue weighted by Gasteiger charge is 2.26. The molecule has 0 bridgehead atoms. The predicted octanol–water partition coefficient (Wildman–Crippen LogP) is 3.28. The molecule has 0 spiro atoms. The van der Waals surface area contributed by atoms with E-state index >= 15 is 0 Å². The second-order valence-corrected chi connectivity index (χ2v) is 7.91. The summed E-state index contributed by atoms with van der Waals surface area (Å²) in [6, 6.07) is 6.06. The van der Waals surface area contributed by atoms with Crippen LogP contribution in [0, 0.1) is 0 Å². The molecule has 6 nitrogen and oxygen atoms in total. The van der Waals surface area contributed by atoms with Crippen LogP contribution in [-0.4, -0.2) is 34.8 Å². The summed E-state index contributed by atoms with van der Waals surface area (Å²) in [6.07, 6.45) is 5.12. The molecule has 1 aromatic rings. The van der Waals surface area contributed by atoms with Gasteiger partial charge in [0.25, 0.3) is 0 Å². The second-order valence-electron chi connectivity index (χ2n) is 7.91. The number of nitrogens with one attached hydrogen (secondary N) is 2. The highest BCUT2D eigenvalue weighted by Crippen LogP contribution is 2.18. The lowest BCUT2D eigenvalue weighted by Crippen LogP contribution is -2.51. The van der Waals surface area contributed by atoms with E-state index in [1.807, 2.05) is 0 Å².